The van der Waals surface area contributed by atoms with E-state index >= 15 is 0 Å². The molecule has 0 aromatic rings. The molecule has 10 unspecified atom stereocenters. The molecule has 0 bridgehead atoms. The third-order valence-corrected chi connectivity index (χ3v) is 10.6. The molecule has 0 spiro atoms. The van der Waals surface area contributed by atoms with Crippen LogP contribution in [-0.4, -0.2) is 33.6 Å². The first-order valence-corrected chi connectivity index (χ1v) is 12.9. The molecule has 176 valence electrons. The number of hydrogen-bond acceptors (Lipinski definition) is 3. The molecule has 0 amide bonds. The van der Waals surface area contributed by atoms with Crippen LogP contribution in [-0.2, 0) is 0 Å². The molecular formula is C28H46O3. The molecule has 4 aliphatic carbocycles. The largest absolute Gasteiger partial charge is 0.393 e. The average molecular weight is 431 g/mol. The Bertz CT molecular complexity index is 726. The smallest absolute Gasteiger partial charge is 0.0659 e. The second kappa shape index (κ2) is 8.29. The molecule has 0 heterocycles. The van der Waals surface area contributed by atoms with Gasteiger partial charge in [-0.2, -0.15) is 0 Å². The van der Waals surface area contributed by atoms with Crippen LogP contribution in [0.4, 0.5) is 0 Å². The molecule has 0 saturated heterocycles. The predicted molar refractivity (Wildman–Crippen MR) is 126 cm³/mol. The fourth-order valence-corrected chi connectivity index (χ4v) is 8.70. The van der Waals surface area contributed by atoms with Gasteiger partial charge in [0.05, 0.1) is 18.3 Å². The minimum absolute atomic E-state index is 0.114. The maximum absolute atomic E-state index is 11.6. The van der Waals surface area contributed by atoms with Gasteiger partial charge in [-0.3, -0.25) is 0 Å². The van der Waals surface area contributed by atoms with Crippen molar-refractivity contribution in [3.8, 4) is 0 Å². The fraction of sp³-hybridized carbons (Fsp3) is 0.857. The molecule has 0 radical (unpaired) electrons. The summed E-state index contributed by atoms with van der Waals surface area (Å²) in [6.07, 6.45) is 8.73. The summed E-state index contributed by atoms with van der Waals surface area (Å²) in [5.41, 5.74) is 2.35. The summed E-state index contributed by atoms with van der Waals surface area (Å²) in [7, 11) is 0. The third kappa shape index (κ3) is 3.67. The van der Waals surface area contributed by atoms with Gasteiger partial charge in [0.15, 0.2) is 0 Å². The number of fused-ring (bicyclic) bond motifs is 5. The fourth-order valence-electron chi connectivity index (χ4n) is 8.70. The molecule has 3 N–H and O–H groups in total. The molecule has 31 heavy (non-hydrogen) atoms. The molecule has 3 saturated carbocycles. The third-order valence-electron chi connectivity index (χ3n) is 10.6. The minimum Gasteiger partial charge on any atom is -0.393 e. The molecule has 3 heteroatoms. The highest BCUT2D eigenvalue weighted by molar-refractivity contribution is 5.28. The Balaban J connectivity index is 1.57. The molecule has 0 aromatic heterocycles. The Morgan fingerprint density at radius 2 is 1.87 bits per heavy atom. The lowest BCUT2D eigenvalue weighted by atomic mass is 9.45. The Hall–Kier alpha value is -0.640. The van der Waals surface area contributed by atoms with E-state index in [1.807, 2.05) is 0 Å². The Morgan fingerprint density at radius 1 is 1.16 bits per heavy atom. The van der Waals surface area contributed by atoms with Gasteiger partial charge in [0.2, 0.25) is 0 Å². The maximum atomic E-state index is 11.6. The van der Waals surface area contributed by atoms with Crippen LogP contribution in [0.3, 0.4) is 0 Å². The summed E-state index contributed by atoms with van der Waals surface area (Å²) in [5.74, 6) is 3.04. The van der Waals surface area contributed by atoms with Crippen molar-refractivity contribution in [2.24, 2.45) is 46.3 Å². The summed E-state index contributed by atoms with van der Waals surface area (Å²) in [6.45, 7) is 15.8. The minimum atomic E-state index is -0.563. The zero-order valence-corrected chi connectivity index (χ0v) is 20.5. The van der Waals surface area contributed by atoms with Gasteiger partial charge in [-0.25, -0.2) is 0 Å². The van der Waals surface area contributed by atoms with Gasteiger partial charge in [-0.1, -0.05) is 58.4 Å². The van der Waals surface area contributed by atoms with Crippen LogP contribution >= 0.6 is 0 Å². The van der Waals surface area contributed by atoms with Gasteiger partial charge in [0, 0.05) is 11.8 Å². The van der Waals surface area contributed by atoms with Crippen molar-refractivity contribution in [1.29, 1.82) is 0 Å². The highest BCUT2D eigenvalue weighted by Gasteiger charge is 2.63. The summed E-state index contributed by atoms with van der Waals surface area (Å²) >= 11 is 0. The van der Waals surface area contributed by atoms with Crippen LogP contribution < -0.4 is 0 Å². The second-order valence-electron chi connectivity index (χ2n) is 12.4. The summed E-state index contributed by atoms with van der Waals surface area (Å²) in [4.78, 5) is 0. The van der Waals surface area contributed by atoms with E-state index in [1.165, 1.54) is 30.4 Å². The zero-order valence-electron chi connectivity index (χ0n) is 20.5. The Labute approximate surface area is 190 Å². The summed E-state index contributed by atoms with van der Waals surface area (Å²) in [6, 6.07) is 0. The van der Waals surface area contributed by atoms with Crippen molar-refractivity contribution < 1.29 is 15.3 Å². The molecular weight excluding hydrogens is 384 g/mol. The predicted octanol–water partition coefficient (Wildman–Crippen LogP) is 5.50. The summed E-state index contributed by atoms with van der Waals surface area (Å²) < 4.78 is 0. The molecule has 0 aliphatic heterocycles. The van der Waals surface area contributed by atoms with Crippen molar-refractivity contribution in [2.75, 3.05) is 0 Å². The first-order valence-electron chi connectivity index (χ1n) is 12.9. The van der Waals surface area contributed by atoms with E-state index in [9.17, 15) is 15.3 Å². The second-order valence-corrected chi connectivity index (χ2v) is 12.4. The Kier molecular flexibility index (Phi) is 6.29. The number of aliphatic hydroxyl groups is 3. The van der Waals surface area contributed by atoms with Gasteiger partial charge in [-0.05, 0) is 85.9 Å². The van der Waals surface area contributed by atoms with Crippen LogP contribution in [0.2, 0.25) is 0 Å². The molecule has 10 atom stereocenters. The van der Waals surface area contributed by atoms with Gasteiger partial charge < -0.3 is 15.3 Å². The highest BCUT2D eigenvalue weighted by atomic mass is 16.3. The van der Waals surface area contributed by atoms with Crippen molar-refractivity contribution >= 4 is 0 Å². The first-order chi connectivity index (χ1) is 14.5. The van der Waals surface area contributed by atoms with E-state index in [0.717, 1.165) is 19.3 Å². The van der Waals surface area contributed by atoms with Gasteiger partial charge in [0.1, 0.15) is 0 Å². The number of hydrogen-bond donors (Lipinski definition) is 3. The van der Waals surface area contributed by atoms with Gasteiger partial charge >= 0.3 is 0 Å². The Morgan fingerprint density at radius 3 is 2.55 bits per heavy atom. The van der Waals surface area contributed by atoms with Gasteiger partial charge in [-0.15, -0.1) is 0 Å². The lowest BCUT2D eigenvalue weighted by Gasteiger charge is -2.61. The van der Waals surface area contributed by atoms with E-state index in [0.29, 0.717) is 42.4 Å². The lowest BCUT2D eigenvalue weighted by Crippen LogP contribution is -2.60. The van der Waals surface area contributed by atoms with E-state index in [2.05, 4.69) is 47.3 Å². The van der Waals surface area contributed by atoms with Crippen molar-refractivity contribution in [3.05, 3.63) is 23.8 Å². The number of rotatable bonds is 5. The van der Waals surface area contributed by atoms with Crippen molar-refractivity contribution in [1.82, 2.24) is 0 Å². The van der Waals surface area contributed by atoms with Crippen LogP contribution in [0.1, 0.15) is 86.0 Å². The van der Waals surface area contributed by atoms with E-state index in [4.69, 9.17) is 0 Å². The highest BCUT2D eigenvalue weighted by Crippen LogP contribution is 2.67. The van der Waals surface area contributed by atoms with Crippen molar-refractivity contribution in [3.63, 3.8) is 0 Å². The average Bonchev–Trinajstić information content (AvgIpc) is 3.03. The molecule has 3 nitrogen and oxygen atoms in total. The van der Waals surface area contributed by atoms with Crippen LogP contribution in [0.5, 0.6) is 0 Å². The first kappa shape index (κ1) is 23.5. The maximum Gasteiger partial charge on any atom is 0.0659 e. The topological polar surface area (TPSA) is 60.7 Å². The molecule has 4 aliphatic rings. The van der Waals surface area contributed by atoms with E-state index in [1.54, 1.807) is 0 Å². The molecule has 3 fully saturated rings. The number of allylic oxidation sites excluding steroid dienone is 2. The quantitative estimate of drug-likeness (QED) is 0.505. The number of aliphatic hydroxyl groups excluding tert-OH is 3. The van der Waals surface area contributed by atoms with E-state index < -0.39 is 12.2 Å². The molecule has 0 aromatic carbocycles. The monoisotopic (exact) mass is 430 g/mol. The van der Waals surface area contributed by atoms with Crippen LogP contribution in [0.15, 0.2) is 23.8 Å². The normalized spacial score (nSPS) is 47.9. The van der Waals surface area contributed by atoms with Crippen molar-refractivity contribution in [2.45, 2.75) is 104 Å². The van der Waals surface area contributed by atoms with Crippen LogP contribution in [0.25, 0.3) is 0 Å². The standard InChI is InChI=1S/C28H46O3/c1-16(2)17(3)7-8-18(4)22-11-12-23-21-10-9-19-13-20(29)14-25(31)28(19,6)26(21)24(30)15-27(22,23)5/h9,16,18,20-26,29-31H,3,7-8,10-15H2,1-2,4-6H3. The zero-order chi connectivity index (χ0) is 22.7. The van der Waals surface area contributed by atoms with Gasteiger partial charge in [0.25, 0.3) is 0 Å². The lowest BCUT2D eigenvalue weighted by molar-refractivity contribution is -0.159. The van der Waals surface area contributed by atoms with Crippen LogP contribution in [0, 0.1) is 46.3 Å². The SMILES string of the molecule is C=C(CCC(C)C1CCC2C3CC=C4CC(O)CC(O)C4(C)C3C(O)CC12C)C(C)C. The molecule has 4 rings (SSSR count). The van der Waals surface area contributed by atoms with E-state index in [-0.39, 0.29) is 22.9 Å². The summed E-state index contributed by atoms with van der Waals surface area (Å²) in [5, 5.41) is 32.9.